The molecule has 192 valence electrons. The van der Waals surface area contributed by atoms with E-state index in [-0.39, 0.29) is 30.5 Å². The van der Waals surface area contributed by atoms with Crippen molar-refractivity contribution >= 4 is 17.4 Å². The van der Waals surface area contributed by atoms with Crippen molar-refractivity contribution in [2.45, 2.75) is 31.6 Å². The van der Waals surface area contributed by atoms with Gasteiger partial charge in [-0.3, -0.25) is 9.59 Å². The van der Waals surface area contributed by atoms with Crippen LogP contribution in [0.1, 0.15) is 42.7 Å². The third-order valence-corrected chi connectivity index (χ3v) is 7.27. The molecule has 3 aromatic carbocycles. The minimum absolute atomic E-state index is 0.0111. The molecular weight excluding hydrogens is 490 g/mol. The lowest BCUT2D eigenvalue weighted by Gasteiger charge is -2.37. The summed E-state index contributed by atoms with van der Waals surface area (Å²) in [6.45, 7) is 1.80. The van der Waals surface area contributed by atoms with Crippen LogP contribution in [0.3, 0.4) is 0 Å². The molecule has 0 aromatic heterocycles. The Balaban J connectivity index is 1.44. The average molecular weight is 515 g/mol. The van der Waals surface area contributed by atoms with E-state index >= 15 is 0 Å². The maximum absolute atomic E-state index is 14.4. The molecular formula is C30H24F2N2O4. The van der Waals surface area contributed by atoms with Crippen molar-refractivity contribution in [2.75, 3.05) is 12.1 Å². The van der Waals surface area contributed by atoms with Crippen LogP contribution in [0.15, 0.2) is 89.3 Å². The fraction of sp³-hybridized carbons (Fsp3) is 0.200. The van der Waals surface area contributed by atoms with E-state index in [0.29, 0.717) is 34.8 Å². The van der Waals surface area contributed by atoms with Crippen molar-refractivity contribution in [2.24, 2.45) is 0 Å². The average Bonchev–Trinajstić information content (AvgIpc) is 3.38. The highest BCUT2D eigenvalue weighted by molar-refractivity contribution is 6.10. The number of carbonyl (C=O) groups is 2. The van der Waals surface area contributed by atoms with Gasteiger partial charge in [-0.15, -0.1) is 0 Å². The van der Waals surface area contributed by atoms with E-state index in [1.165, 1.54) is 6.07 Å². The first-order valence-corrected chi connectivity index (χ1v) is 12.3. The van der Waals surface area contributed by atoms with Gasteiger partial charge in [0.2, 0.25) is 6.79 Å². The number of nitrogens with one attached hydrogen (secondary N) is 2. The molecule has 8 heteroatoms. The van der Waals surface area contributed by atoms with Crippen LogP contribution >= 0.6 is 0 Å². The number of halogens is 2. The quantitative estimate of drug-likeness (QED) is 0.468. The third kappa shape index (κ3) is 4.12. The summed E-state index contributed by atoms with van der Waals surface area (Å²) in [4.78, 5) is 27.4. The second-order valence-corrected chi connectivity index (χ2v) is 9.59. The van der Waals surface area contributed by atoms with E-state index in [1.807, 2.05) is 30.3 Å². The van der Waals surface area contributed by atoms with Gasteiger partial charge in [0.05, 0.1) is 0 Å². The number of dihydropyridines is 1. The number of Topliss-reactive ketones (excluding diaryl/α,β-unsaturated/α-hetero) is 1. The van der Waals surface area contributed by atoms with Crippen LogP contribution in [0.25, 0.3) is 0 Å². The summed E-state index contributed by atoms with van der Waals surface area (Å²) < 4.78 is 39.8. The standard InChI is InChI=1S/C30H24F2N2O4/c1-16-26(30(36)34-29-20(31)8-5-9-21(29)32)27(18-10-11-24-25(14-18)38-15-37-24)28-22(33-16)12-19(13-23(28)35)17-6-3-2-4-7-17/h2-11,14,19,27,33H,12-13,15H2,1H3,(H,34,36)/t19-,27+/m0/s1. The normalized spacial score (nSPS) is 20.2. The molecule has 2 atom stereocenters. The van der Waals surface area contributed by atoms with Gasteiger partial charge in [0, 0.05) is 34.9 Å². The maximum atomic E-state index is 14.4. The Morgan fingerprint density at radius 2 is 1.66 bits per heavy atom. The van der Waals surface area contributed by atoms with Gasteiger partial charge in [-0.05, 0) is 54.7 Å². The maximum Gasteiger partial charge on any atom is 0.254 e. The number of para-hydroxylation sites is 1. The zero-order valence-electron chi connectivity index (χ0n) is 20.5. The Morgan fingerprint density at radius 1 is 0.921 bits per heavy atom. The van der Waals surface area contributed by atoms with Gasteiger partial charge in [0.1, 0.15) is 17.3 Å². The predicted octanol–water partition coefficient (Wildman–Crippen LogP) is 5.69. The summed E-state index contributed by atoms with van der Waals surface area (Å²) in [6.07, 6.45) is 0.863. The number of amides is 1. The van der Waals surface area contributed by atoms with Gasteiger partial charge in [-0.25, -0.2) is 8.78 Å². The van der Waals surface area contributed by atoms with Crippen LogP contribution in [-0.2, 0) is 9.59 Å². The molecule has 3 aromatic rings. The largest absolute Gasteiger partial charge is 0.454 e. The van der Waals surface area contributed by atoms with E-state index in [2.05, 4.69) is 10.6 Å². The number of allylic oxidation sites excluding steroid dienone is 3. The molecule has 0 spiro atoms. The summed E-state index contributed by atoms with van der Waals surface area (Å²) in [5, 5.41) is 5.68. The molecule has 0 fully saturated rings. The number of ketones is 1. The second kappa shape index (κ2) is 9.45. The van der Waals surface area contributed by atoms with Gasteiger partial charge < -0.3 is 20.1 Å². The zero-order valence-corrected chi connectivity index (χ0v) is 20.5. The Labute approximate surface area is 218 Å². The summed E-state index contributed by atoms with van der Waals surface area (Å²) in [5.74, 6) is -2.28. The van der Waals surface area contributed by atoms with Crippen molar-refractivity contribution in [3.63, 3.8) is 0 Å². The van der Waals surface area contributed by atoms with Gasteiger partial charge in [-0.2, -0.15) is 0 Å². The van der Waals surface area contributed by atoms with Gasteiger partial charge in [0.15, 0.2) is 17.3 Å². The third-order valence-electron chi connectivity index (χ3n) is 7.27. The van der Waals surface area contributed by atoms with Crippen molar-refractivity contribution in [3.8, 4) is 11.5 Å². The molecule has 2 N–H and O–H groups in total. The first kappa shape index (κ1) is 23.9. The molecule has 0 saturated carbocycles. The molecule has 0 bridgehead atoms. The number of fused-ring (bicyclic) bond motifs is 1. The van der Waals surface area contributed by atoms with Gasteiger partial charge in [0.25, 0.3) is 5.91 Å². The minimum Gasteiger partial charge on any atom is -0.454 e. The lowest BCUT2D eigenvalue weighted by atomic mass is 9.71. The van der Waals surface area contributed by atoms with E-state index in [0.717, 1.165) is 23.4 Å². The van der Waals surface area contributed by atoms with E-state index in [1.54, 1.807) is 25.1 Å². The SMILES string of the molecule is CC1=C(C(=O)Nc2c(F)cccc2F)[C@@H](c2ccc3c(c2)OCO3)C2=C(C[C@H](c3ccccc3)CC2=O)N1. The van der Waals surface area contributed by atoms with Gasteiger partial charge >= 0.3 is 0 Å². The lowest BCUT2D eigenvalue weighted by Crippen LogP contribution is -2.37. The number of benzene rings is 3. The van der Waals surface area contributed by atoms with Crippen LogP contribution < -0.4 is 20.1 Å². The Kier molecular flexibility index (Phi) is 5.94. The molecule has 38 heavy (non-hydrogen) atoms. The number of hydrogen-bond acceptors (Lipinski definition) is 5. The minimum atomic E-state index is -0.889. The first-order valence-electron chi connectivity index (χ1n) is 12.3. The lowest BCUT2D eigenvalue weighted by molar-refractivity contribution is -0.116. The molecule has 6 nitrogen and oxygen atoms in total. The Morgan fingerprint density at radius 3 is 2.42 bits per heavy atom. The number of anilines is 1. The van der Waals surface area contributed by atoms with Crippen LogP contribution in [-0.4, -0.2) is 18.5 Å². The molecule has 3 aliphatic rings. The Bertz CT molecular complexity index is 1510. The molecule has 1 amide bonds. The molecule has 0 radical (unpaired) electrons. The molecule has 1 aliphatic carbocycles. The summed E-state index contributed by atoms with van der Waals surface area (Å²) in [6, 6.07) is 18.5. The predicted molar refractivity (Wildman–Crippen MR) is 137 cm³/mol. The summed E-state index contributed by atoms with van der Waals surface area (Å²) in [5.41, 5.74) is 3.09. The van der Waals surface area contributed by atoms with E-state index in [9.17, 15) is 18.4 Å². The van der Waals surface area contributed by atoms with Crippen molar-refractivity contribution in [1.29, 1.82) is 0 Å². The number of rotatable bonds is 4. The molecule has 6 rings (SSSR count). The van der Waals surface area contributed by atoms with Crippen LogP contribution in [0.2, 0.25) is 0 Å². The van der Waals surface area contributed by atoms with Crippen molar-refractivity contribution < 1.29 is 27.8 Å². The highest BCUT2D eigenvalue weighted by atomic mass is 19.1. The van der Waals surface area contributed by atoms with Crippen molar-refractivity contribution in [1.82, 2.24) is 5.32 Å². The van der Waals surface area contributed by atoms with Crippen LogP contribution in [0, 0.1) is 11.6 Å². The number of carbonyl (C=O) groups excluding carboxylic acids is 2. The highest BCUT2D eigenvalue weighted by Gasteiger charge is 2.41. The van der Waals surface area contributed by atoms with Crippen LogP contribution in [0.5, 0.6) is 11.5 Å². The first-order chi connectivity index (χ1) is 18.4. The zero-order chi connectivity index (χ0) is 26.4. The van der Waals surface area contributed by atoms with Crippen LogP contribution in [0.4, 0.5) is 14.5 Å². The molecule has 2 heterocycles. The molecule has 0 unspecified atom stereocenters. The van der Waals surface area contributed by atoms with E-state index < -0.39 is 29.1 Å². The Hall–Kier alpha value is -4.46. The molecule has 0 saturated heterocycles. The fourth-order valence-electron chi connectivity index (χ4n) is 5.53. The van der Waals surface area contributed by atoms with Gasteiger partial charge in [-0.1, -0.05) is 42.5 Å². The van der Waals surface area contributed by atoms with Crippen molar-refractivity contribution in [3.05, 3.63) is 112 Å². The fourth-order valence-corrected chi connectivity index (χ4v) is 5.53. The summed E-state index contributed by atoms with van der Waals surface area (Å²) in [7, 11) is 0. The topological polar surface area (TPSA) is 76.7 Å². The smallest absolute Gasteiger partial charge is 0.254 e. The highest BCUT2D eigenvalue weighted by Crippen LogP contribution is 2.47. The van der Waals surface area contributed by atoms with E-state index in [4.69, 9.17) is 9.47 Å². The second-order valence-electron chi connectivity index (χ2n) is 9.59. The number of hydrogen-bond donors (Lipinski definition) is 2. The monoisotopic (exact) mass is 514 g/mol. The molecule has 2 aliphatic heterocycles. The summed E-state index contributed by atoms with van der Waals surface area (Å²) >= 11 is 0. The number of ether oxygens (including phenoxy) is 2.